The summed E-state index contributed by atoms with van der Waals surface area (Å²) < 4.78 is 0. The Morgan fingerprint density at radius 3 is 2.36 bits per heavy atom. The third-order valence-electron chi connectivity index (χ3n) is 1.54. The van der Waals surface area contributed by atoms with Crippen LogP contribution < -0.4 is 5.73 Å². The van der Waals surface area contributed by atoms with Gasteiger partial charge in [0.2, 0.25) is 5.91 Å². The Hall–Kier alpha value is -2.17. The molecule has 0 saturated heterocycles. The number of rotatable bonds is 3. The maximum Gasteiger partial charge on any atom is 0.269 e. The van der Waals surface area contributed by atoms with E-state index in [2.05, 4.69) is 0 Å². The first kappa shape index (κ1) is 9.91. The molecular weight excluding hydrogens is 184 g/mol. The molecule has 0 heterocycles. The molecule has 5 heteroatoms. The van der Waals surface area contributed by atoms with Gasteiger partial charge in [-0.05, 0) is 23.8 Å². The van der Waals surface area contributed by atoms with Gasteiger partial charge in [0.1, 0.15) is 0 Å². The number of hydrogen-bond acceptors (Lipinski definition) is 3. The summed E-state index contributed by atoms with van der Waals surface area (Å²) in [4.78, 5) is 20.2. The van der Waals surface area contributed by atoms with Crippen molar-refractivity contribution in [2.75, 3.05) is 0 Å². The number of amides is 1. The van der Waals surface area contributed by atoms with Crippen LogP contribution in [0, 0.1) is 10.1 Å². The predicted octanol–water partition coefficient (Wildman–Crippen LogP) is 1.09. The van der Waals surface area contributed by atoms with Crippen LogP contribution >= 0.6 is 0 Å². The van der Waals surface area contributed by atoms with Crippen molar-refractivity contribution in [2.24, 2.45) is 5.73 Å². The minimum Gasteiger partial charge on any atom is -0.366 e. The molecule has 0 radical (unpaired) electrons. The Labute approximate surface area is 80.0 Å². The van der Waals surface area contributed by atoms with Crippen molar-refractivity contribution in [3.63, 3.8) is 0 Å². The largest absolute Gasteiger partial charge is 0.366 e. The number of benzene rings is 1. The molecule has 0 aliphatic rings. The molecule has 0 spiro atoms. The number of nitrogens with two attached hydrogens (primary N) is 1. The molecule has 0 unspecified atom stereocenters. The molecule has 2 N–H and O–H groups in total. The van der Waals surface area contributed by atoms with Crippen LogP contribution in [0.3, 0.4) is 0 Å². The summed E-state index contributed by atoms with van der Waals surface area (Å²) in [6.45, 7) is 0. The van der Waals surface area contributed by atoms with Gasteiger partial charge < -0.3 is 5.73 Å². The lowest BCUT2D eigenvalue weighted by molar-refractivity contribution is -0.384. The van der Waals surface area contributed by atoms with E-state index in [0.717, 1.165) is 0 Å². The number of non-ortho nitro benzene ring substituents is 1. The third kappa shape index (κ3) is 2.71. The Morgan fingerprint density at radius 2 is 1.93 bits per heavy atom. The van der Waals surface area contributed by atoms with Gasteiger partial charge in [-0.3, -0.25) is 14.9 Å². The van der Waals surface area contributed by atoms with Crippen molar-refractivity contribution in [1.82, 2.24) is 0 Å². The average Bonchev–Trinajstić information content (AvgIpc) is 2.15. The highest BCUT2D eigenvalue weighted by Gasteiger charge is 2.01. The van der Waals surface area contributed by atoms with Crippen LogP contribution in [-0.2, 0) is 4.79 Å². The van der Waals surface area contributed by atoms with Crippen molar-refractivity contribution in [2.45, 2.75) is 0 Å². The first-order chi connectivity index (χ1) is 6.59. The average molecular weight is 192 g/mol. The van der Waals surface area contributed by atoms with E-state index in [1.807, 2.05) is 0 Å². The van der Waals surface area contributed by atoms with Crippen molar-refractivity contribution >= 4 is 17.7 Å². The zero-order valence-corrected chi connectivity index (χ0v) is 7.21. The number of carbonyl (C=O) groups is 1. The molecule has 0 aliphatic heterocycles. The highest BCUT2D eigenvalue weighted by Crippen LogP contribution is 2.12. The lowest BCUT2D eigenvalue weighted by Crippen LogP contribution is -2.05. The van der Waals surface area contributed by atoms with E-state index in [1.165, 1.54) is 36.4 Å². The lowest BCUT2D eigenvalue weighted by atomic mass is 10.2. The molecule has 0 atom stereocenters. The summed E-state index contributed by atoms with van der Waals surface area (Å²) in [5, 5.41) is 10.3. The van der Waals surface area contributed by atoms with Gasteiger partial charge in [-0.15, -0.1) is 0 Å². The van der Waals surface area contributed by atoms with E-state index in [4.69, 9.17) is 5.73 Å². The highest BCUT2D eigenvalue weighted by atomic mass is 16.6. The molecule has 1 aromatic carbocycles. The van der Waals surface area contributed by atoms with Crippen LogP contribution in [0.1, 0.15) is 5.56 Å². The zero-order valence-electron chi connectivity index (χ0n) is 7.21. The second kappa shape index (κ2) is 4.18. The molecule has 1 aromatic rings. The number of hydrogen-bond donors (Lipinski definition) is 1. The quantitative estimate of drug-likeness (QED) is 0.441. The van der Waals surface area contributed by atoms with Crippen LogP contribution in [-0.4, -0.2) is 10.8 Å². The molecule has 0 fully saturated rings. The van der Waals surface area contributed by atoms with E-state index in [9.17, 15) is 14.9 Å². The van der Waals surface area contributed by atoms with Gasteiger partial charge in [0.05, 0.1) is 4.92 Å². The molecule has 0 saturated carbocycles. The van der Waals surface area contributed by atoms with Gasteiger partial charge >= 0.3 is 0 Å². The predicted molar refractivity (Wildman–Crippen MR) is 51.3 cm³/mol. The Morgan fingerprint density at radius 1 is 1.36 bits per heavy atom. The maximum atomic E-state index is 10.4. The Balaban J connectivity index is 2.83. The number of nitro groups is 1. The van der Waals surface area contributed by atoms with E-state index < -0.39 is 10.8 Å². The highest BCUT2D eigenvalue weighted by molar-refractivity contribution is 5.90. The fourth-order valence-electron chi connectivity index (χ4n) is 0.886. The van der Waals surface area contributed by atoms with Gasteiger partial charge in [0, 0.05) is 18.2 Å². The fraction of sp³-hybridized carbons (Fsp3) is 0. The second-order valence-electron chi connectivity index (χ2n) is 2.58. The maximum absolute atomic E-state index is 10.4. The van der Waals surface area contributed by atoms with Crippen molar-refractivity contribution in [3.8, 4) is 0 Å². The van der Waals surface area contributed by atoms with Gasteiger partial charge in [-0.1, -0.05) is 0 Å². The zero-order chi connectivity index (χ0) is 10.6. The molecule has 72 valence electrons. The Bertz CT molecular complexity index is 382. The van der Waals surface area contributed by atoms with Crippen LogP contribution in [0.15, 0.2) is 30.3 Å². The minimum absolute atomic E-state index is 0.0150. The number of nitro benzene ring substituents is 1. The molecule has 0 aromatic heterocycles. The summed E-state index contributed by atoms with van der Waals surface area (Å²) >= 11 is 0. The normalized spacial score (nSPS) is 10.3. The monoisotopic (exact) mass is 192 g/mol. The second-order valence-corrected chi connectivity index (χ2v) is 2.58. The topological polar surface area (TPSA) is 86.2 Å². The smallest absolute Gasteiger partial charge is 0.269 e. The molecule has 0 aliphatic carbocycles. The molecule has 1 amide bonds. The van der Waals surface area contributed by atoms with Crippen LogP contribution in [0.4, 0.5) is 5.69 Å². The van der Waals surface area contributed by atoms with E-state index in [1.54, 1.807) is 0 Å². The van der Waals surface area contributed by atoms with E-state index in [0.29, 0.717) is 5.56 Å². The minimum atomic E-state index is -0.552. The van der Waals surface area contributed by atoms with Crippen LogP contribution in [0.5, 0.6) is 0 Å². The fourth-order valence-corrected chi connectivity index (χ4v) is 0.886. The lowest BCUT2D eigenvalue weighted by Gasteiger charge is -1.92. The summed E-state index contributed by atoms with van der Waals surface area (Å²) in [5.74, 6) is -0.552. The van der Waals surface area contributed by atoms with Crippen molar-refractivity contribution in [1.29, 1.82) is 0 Å². The SMILES string of the molecule is NC(=O)C=Cc1ccc([N+](=O)[O-])cc1. The molecule has 14 heavy (non-hydrogen) atoms. The first-order valence-electron chi connectivity index (χ1n) is 3.81. The summed E-state index contributed by atoms with van der Waals surface area (Å²) in [5.41, 5.74) is 5.59. The van der Waals surface area contributed by atoms with Crippen molar-refractivity contribution < 1.29 is 9.72 Å². The van der Waals surface area contributed by atoms with E-state index in [-0.39, 0.29) is 5.69 Å². The molecule has 0 bridgehead atoms. The summed E-state index contributed by atoms with van der Waals surface area (Å²) in [6, 6.07) is 5.80. The summed E-state index contributed by atoms with van der Waals surface area (Å²) in [6.07, 6.45) is 2.69. The third-order valence-corrected chi connectivity index (χ3v) is 1.54. The standard InChI is InChI=1S/C9H8N2O3/c10-9(12)6-3-7-1-4-8(5-2-7)11(13)14/h1-6H,(H2,10,12). The number of carbonyl (C=O) groups excluding carboxylic acids is 1. The number of primary amides is 1. The molecule has 1 rings (SSSR count). The first-order valence-corrected chi connectivity index (χ1v) is 3.81. The van der Waals surface area contributed by atoms with Gasteiger partial charge in [-0.25, -0.2) is 0 Å². The summed E-state index contributed by atoms with van der Waals surface area (Å²) in [7, 11) is 0. The van der Waals surface area contributed by atoms with Crippen LogP contribution in [0.25, 0.3) is 6.08 Å². The van der Waals surface area contributed by atoms with Gasteiger partial charge in [0.15, 0.2) is 0 Å². The van der Waals surface area contributed by atoms with Crippen molar-refractivity contribution in [3.05, 3.63) is 46.0 Å². The number of nitrogens with zero attached hydrogens (tertiary/aromatic N) is 1. The molecule has 5 nitrogen and oxygen atoms in total. The van der Waals surface area contributed by atoms with Gasteiger partial charge in [-0.2, -0.15) is 0 Å². The Kier molecular flexibility index (Phi) is 2.96. The van der Waals surface area contributed by atoms with Gasteiger partial charge in [0.25, 0.3) is 5.69 Å². The molecular formula is C9H8N2O3. The van der Waals surface area contributed by atoms with Crippen LogP contribution in [0.2, 0.25) is 0 Å². The van der Waals surface area contributed by atoms with E-state index >= 15 is 0 Å².